The molecule has 7 heteroatoms. The van der Waals surface area contributed by atoms with Crippen LogP contribution in [0, 0.1) is 11.3 Å². The fourth-order valence-electron chi connectivity index (χ4n) is 2.77. The second-order valence-corrected chi connectivity index (χ2v) is 7.50. The van der Waals surface area contributed by atoms with Crippen molar-refractivity contribution in [3.8, 4) is 0 Å². The maximum atomic E-state index is 12.3. The van der Waals surface area contributed by atoms with Gasteiger partial charge < -0.3 is 24.1 Å². The van der Waals surface area contributed by atoms with E-state index in [9.17, 15) is 14.4 Å². The first-order chi connectivity index (χ1) is 11.1. The van der Waals surface area contributed by atoms with Crippen LogP contribution in [0.2, 0.25) is 0 Å². The van der Waals surface area contributed by atoms with Crippen molar-refractivity contribution < 1.29 is 23.9 Å². The average molecular weight is 342 g/mol. The lowest BCUT2D eigenvalue weighted by Crippen LogP contribution is -2.54. The van der Waals surface area contributed by atoms with Crippen molar-refractivity contribution in [2.45, 2.75) is 53.8 Å². The number of aldehydes is 1. The molecule has 0 aromatic rings. The van der Waals surface area contributed by atoms with E-state index in [0.29, 0.717) is 13.1 Å². The molecule has 0 saturated carbocycles. The number of amides is 2. The summed E-state index contributed by atoms with van der Waals surface area (Å²) in [6.45, 7) is 12.1. The van der Waals surface area contributed by atoms with Gasteiger partial charge in [-0.25, -0.2) is 9.59 Å². The summed E-state index contributed by atoms with van der Waals surface area (Å²) in [7, 11) is 0. The summed E-state index contributed by atoms with van der Waals surface area (Å²) >= 11 is 0. The van der Waals surface area contributed by atoms with Crippen LogP contribution in [0.15, 0.2) is 0 Å². The highest BCUT2D eigenvalue weighted by atomic mass is 16.6. The highest BCUT2D eigenvalue weighted by molar-refractivity contribution is 5.71. The zero-order valence-electron chi connectivity index (χ0n) is 15.6. The topological polar surface area (TPSA) is 76.2 Å². The van der Waals surface area contributed by atoms with Gasteiger partial charge in [-0.3, -0.25) is 0 Å². The Bertz CT molecular complexity index is 430. The highest BCUT2D eigenvalue weighted by Crippen LogP contribution is 2.23. The summed E-state index contributed by atoms with van der Waals surface area (Å²) in [6, 6.07) is 0. The largest absolute Gasteiger partial charge is 0.447 e. The molecule has 1 saturated heterocycles. The third kappa shape index (κ3) is 6.02. The van der Waals surface area contributed by atoms with Gasteiger partial charge in [0.25, 0.3) is 0 Å². The molecule has 138 valence electrons. The van der Waals surface area contributed by atoms with Crippen LogP contribution in [-0.4, -0.2) is 66.7 Å². The van der Waals surface area contributed by atoms with Gasteiger partial charge in [0, 0.05) is 26.2 Å². The van der Waals surface area contributed by atoms with E-state index in [1.54, 1.807) is 44.4 Å². The fraction of sp³-hybridized carbons (Fsp3) is 0.824. The van der Waals surface area contributed by atoms with E-state index in [2.05, 4.69) is 0 Å². The molecule has 1 fully saturated rings. The first kappa shape index (κ1) is 20.3. The van der Waals surface area contributed by atoms with E-state index >= 15 is 0 Å². The van der Waals surface area contributed by atoms with Crippen LogP contribution in [0.1, 0.15) is 41.5 Å². The fourth-order valence-corrected chi connectivity index (χ4v) is 2.77. The average Bonchev–Trinajstić information content (AvgIpc) is 2.42. The van der Waals surface area contributed by atoms with Crippen molar-refractivity contribution in [3.05, 3.63) is 0 Å². The van der Waals surface area contributed by atoms with Gasteiger partial charge in [-0.1, -0.05) is 6.92 Å². The Morgan fingerprint density at radius 3 is 1.67 bits per heavy atom. The van der Waals surface area contributed by atoms with Gasteiger partial charge in [-0.2, -0.15) is 0 Å². The number of nitrogens with zero attached hydrogens (tertiary/aromatic N) is 2. The van der Waals surface area contributed by atoms with Crippen molar-refractivity contribution in [3.63, 3.8) is 0 Å². The minimum absolute atomic E-state index is 0.0422. The zero-order chi connectivity index (χ0) is 18.5. The van der Waals surface area contributed by atoms with Gasteiger partial charge in [0.1, 0.15) is 6.29 Å². The summed E-state index contributed by atoms with van der Waals surface area (Å²) in [5, 5.41) is 0. The van der Waals surface area contributed by atoms with E-state index < -0.39 is 17.6 Å². The smallest absolute Gasteiger partial charge is 0.410 e. The summed E-state index contributed by atoms with van der Waals surface area (Å²) in [5.41, 5.74) is -0.869. The molecule has 0 bridgehead atoms. The van der Waals surface area contributed by atoms with Crippen molar-refractivity contribution in [2.75, 3.05) is 26.2 Å². The molecule has 1 heterocycles. The van der Waals surface area contributed by atoms with Crippen molar-refractivity contribution in [2.24, 2.45) is 11.3 Å². The maximum absolute atomic E-state index is 12.3. The van der Waals surface area contributed by atoms with Crippen LogP contribution in [-0.2, 0) is 14.3 Å². The predicted molar refractivity (Wildman–Crippen MR) is 89.7 cm³/mol. The zero-order valence-corrected chi connectivity index (χ0v) is 15.6. The number of hydrogen-bond acceptors (Lipinski definition) is 5. The standard InChI is InChI=1S/C17H30N2O5/c1-12(2)23-15(21)18-7-14(5)8-19(16(22)24-13(3)4)10-17(6,9-18)11-20/h11-14H,7-10H2,1-6H3. The number of carbonyl (C=O) groups excluding carboxylic acids is 3. The summed E-state index contributed by atoms with van der Waals surface area (Å²) in [6.07, 6.45) is -0.503. The molecular weight excluding hydrogens is 312 g/mol. The van der Waals surface area contributed by atoms with Crippen molar-refractivity contribution in [1.29, 1.82) is 0 Å². The molecule has 0 radical (unpaired) electrons. The lowest BCUT2D eigenvalue weighted by atomic mass is 9.89. The minimum atomic E-state index is -0.869. The molecule has 0 spiro atoms. The Morgan fingerprint density at radius 2 is 1.38 bits per heavy atom. The molecule has 0 aromatic carbocycles. The molecule has 0 N–H and O–H groups in total. The monoisotopic (exact) mass is 342 g/mol. The molecule has 1 aliphatic heterocycles. The summed E-state index contributed by atoms with van der Waals surface area (Å²) < 4.78 is 10.5. The molecule has 1 rings (SSSR count). The molecule has 0 aliphatic carbocycles. The van der Waals surface area contributed by atoms with Gasteiger partial charge in [-0.05, 0) is 40.5 Å². The maximum Gasteiger partial charge on any atom is 0.410 e. The van der Waals surface area contributed by atoms with Gasteiger partial charge >= 0.3 is 12.2 Å². The van der Waals surface area contributed by atoms with Crippen molar-refractivity contribution in [1.82, 2.24) is 9.80 Å². The number of carbonyl (C=O) groups is 3. The Hall–Kier alpha value is -1.79. The second-order valence-electron chi connectivity index (χ2n) is 7.50. The van der Waals surface area contributed by atoms with E-state index in [-0.39, 0.29) is 31.2 Å². The highest BCUT2D eigenvalue weighted by Gasteiger charge is 2.37. The number of hydrogen-bond donors (Lipinski definition) is 0. The molecular formula is C17H30N2O5. The van der Waals surface area contributed by atoms with Gasteiger partial charge in [0.05, 0.1) is 17.6 Å². The lowest BCUT2D eigenvalue weighted by molar-refractivity contribution is -0.117. The Balaban J connectivity index is 2.94. The minimum Gasteiger partial charge on any atom is -0.447 e. The van der Waals surface area contributed by atoms with Crippen molar-refractivity contribution >= 4 is 18.5 Å². The summed E-state index contributed by atoms with van der Waals surface area (Å²) in [4.78, 5) is 39.3. The van der Waals surface area contributed by atoms with Crippen LogP contribution in [0.5, 0.6) is 0 Å². The third-order valence-electron chi connectivity index (χ3n) is 3.64. The molecule has 0 unspecified atom stereocenters. The Morgan fingerprint density at radius 1 is 1.00 bits per heavy atom. The molecule has 7 nitrogen and oxygen atoms in total. The van der Waals surface area contributed by atoms with E-state index in [1.165, 1.54) is 0 Å². The molecule has 2 amide bonds. The van der Waals surface area contributed by atoms with E-state index in [0.717, 1.165) is 6.29 Å². The molecule has 1 aliphatic rings. The van der Waals surface area contributed by atoms with Gasteiger partial charge in [0.15, 0.2) is 0 Å². The first-order valence-electron chi connectivity index (χ1n) is 8.43. The quantitative estimate of drug-likeness (QED) is 0.737. The number of rotatable bonds is 3. The first-order valence-corrected chi connectivity index (χ1v) is 8.43. The molecule has 24 heavy (non-hydrogen) atoms. The number of ether oxygens (including phenoxy) is 2. The van der Waals surface area contributed by atoms with Crippen LogP contribution in [0.3, 0.4) is 0 Å². The van der Waals surface area contributed by atoms with Gasteiger partial charge in [0.2, 0.25) is 0 Å². The predicted octanol–water partition coefficient (Wildman–Crippen LogP) is 2.54. The summed E-state index contributed by atoms with van der Waals surface area (Å²) in [5.74, 6) is 0.0422. The molecule has 0 atom stereocenters. The normalized spacial score (nSPS) is 25.2. The SMILES string of the molecule is CC1CN(C(=O)OC(C)C)CC(C)(C=O)CN(C(=O)OC(C)C)C1. The lowest BCUT2D eigenvalue weighted by Gasteiger charge is -2.40. The Labute approximate surface area is 144 Å². The van der Waals surface area contributed by atoms with Gasteiger partial charge in [-0.15, -0.1) is 0 Å². The van der Waals surface area contributed by atoms with Crippen LogP contribution >= 0.6 is 0 Å². The van der Waals surface area contributed by atoms with Crippen LogP contribution < -0.4 is 0 Å². The van der Waals surface area contributed by atoms with E-state index in [1.807, 2.05) is 6.92 Å². The Kier molecular flexibility index (Phi) is 7.05. The van der Waals surface area contributed by atoms with Crippen LogP contribution in [0.25, 0.3) is 0 Å². The van der Waals surface area contributed by atoms with Crippen LogP contribution in [0.4, 0.5) is 9.59 Å². The van der Waals surface area contributed by atoms with E-state index in [4.69, 9.17) is 9.47 Å². The molecule has 0 aromatic heterocycles. The third-order valence-corrected chi connectivity index (χ3v) is 3.64. The second kappa shape index (κ2) is 8.35.